The molecule has 0 saturated carbocycles. The van der Waals surface area contributed by atoms with Gasteiger partial charge in [0.25, 0.3) is 0 Å². The summed E-state index contributed by atoms with van der Waals surface area (Å²) >= 11 is 0. The second kappa shape index (κ2) is 7.60. The van der Waals surface area contributed by atoms with E-state index < -0.39 is 0 Å². The van der Waals surface area contributed by atoms with Crippen LogP contribution in [0.3, 0.4) is 0 Å². The molecule has 0 unspecified atom stereocenters. The molecule has 4 rings (SSSR count). The van der Waals surface area contributed by atoms with Gasteiger partial charge in [0, 0.05) is 12.0 Å². The highest BCUT2D eigenvalue weighted by molar-refractivity contribution is 6.07. The first-order valence-electron chi connectivity index (χ1n) is 10.2. The van der Waals surface area contributed by atoms with Gasteiger partial charge in [-0.1, -0.05) is 38.1 Å². The molecule has 0 spiro atoms. The van der Waals surface area contributed by atoms with Crippen molar-refractivity contribution < 1.29 is 19.1 Å². The topological polar surface area (TPSA) is 52.6 Å². The van der Waals surface area contributed by atoms with E-state index in [9.17, 15) is 9.59 Å². The average Bonchev–Trinajstić information content (AvgIpc) is 2.75. The Hall–Kier alpha value is -3.14. The molecule has 30 heavy (non-hydrogen) atoms. The van der Waals surface area contributed by atoms with E-state index in [2.05, 4.69) is 19.9 Å². The largest absolute Gasteiger partial charge is 0.497 e. The van der Waals surface area contributed by atoms with Gasteiger partial charge in [0.1, 0.15) is 5.75 Å². The number of hydrogen-bond donors (Lipinski definition) is 0. The van der Waals surface area contributed by atoms with Crippen LogP contribution in [0.1, 0.15) is 64.1 Å². The van der Waals surface area contributed by atoms with Crippen molar-refractivity contribution in [3.05, 3.63) is 76.3 Å². The molecular formula is C26H26O4. The van der Waals surface area contributed by atoms with Gasteiger partial charge in [0.05, 0.1) is 19.8 Å². The lowest BCUT2D eigenvalue weighted by molar-refractivity contribution is 0.0601. The molecule has 4 heteroatoms. The summed E-state index contributed by atoms with van der Waals surface area (Å²) in [5, 5.41) is 2.00. The number of ether oxygens (including phenoxy) is 2. The smallest absolute Gasteiger partial charge is 0.337 e. The van der Waals surface area contributed by atoms with Crippen LogP contribution in [0, 0.1) is 0 Å². The number of hydrogen-bond acceptors (Lipinski definition) is 4. The molecule has 0 aromatic heterocycles. The number of Topliss-reactive ketones (excluding diaryl/α,β-unsaturated/α-hetero) is 1. The number of carbonyl (C=O) groups excluding carboxylic acids is 2. The van der Waals surface area contributed by atoms with Crippen molar-refractivity contribution in [2.75, 3.05) is 14.2 Å². The summed E-state index contributed by atoms with van der Waals surface area (Å²) in [5.74, 6) is 0.623. The van der Waals surface area contributed by atoms with Gasteiger partial charge < -0.3 is 9.47 Å². The lowest BCUT2D eigenvalue weighted by Crippen LogP contribution is -2.29. The second-order valence-electron chi connectivity index (χ2n) is 8.55. The molecule has 0 amide bonds. The van der Waals surface area contributed by atoms with Crippen molar-refractivity contribution in [1.82, 2.24) is 0 Å². The average molecular weight is 402 g/mol. The van der Waals surface area contributed by atoms with Crippen LogP contribution in [0.2, 0.25) is 0 Å². The number of benzene rings is 3. The molecule has 0 aliphatic heterocycles. The first kappa shape index (κ1) is 20.1. The molecule has 3 aromatic rings. The predicted molar refractivity (Wildman–Crippen MR) is 118 cm³/mol. The van der Waals surface area contributed by atoms with E-state index in [1.807, 2.05) is 36.4 Å². The van der Waals surface area contributed by atoms with Gasteiger partial charge in [-0.15, -0.1) is 0 Å². The Morgan fingerprint density at radius 2 is 1.77 bits per heavy atom. The third-order valence-corrected chi connectivity index (χ3v) is 6.13. The minimum atomic E-state index is -0.368. The Labute approximate surface area is 176 Å². The summed E-state index contributed by atoms with van der Waals surface area (Å²) in [4.78, 5) is 25.2. The maximum atomic E-state index is 13.1. The van der Waals surface area contributed by atoms with Gasteiger partial charge in [0.2, 0.25) is 0 Å². The number of esters is 1. The van der Waals surface area contributed by atoms with Crippen molar-refractivity contribution >= 4 is 22.5 Å². The molecule has 0 saturated heterocycles. The SMILES string of the molecule is COC(=O)c1ccc2cc(Cc3ccc(OC)cc3)c3c(c2c1)C(C)(C)CCC3=O. The van der Waals surface area contributed by atoms with Crippen LogP contribution in [0.15, 0.2) is 48.5 Å². The minimum absolute atomic E-state index is 0.161. The van der Waals surface area contributed by atoms with Crippen LogP contribution in [-0.2, 0) is 16.6 Å². The highest BCUT2D eigenvalue weighted by Crippen LogP contribution is 2.43. The fourth-order valence-corrected chi connectivity index (χ4v) is 4.50. The molecule has 1 aliphatic carbocycles. The zero-order valence-electron chi connectivity index (χ0n) is 17.9. The van der Waals surface area contributed by atoms with Crippen LogP contribution in [0.4, 0.5) is 0 Å². The molecule has 1 aliphatic rings. The number of rotatable bonds is 4. The number of fused-ring (bicyclic) bond motifs is 3. The Kier molecular flexibility index (Phi) is 5.10. The highest BCUT2D eigenvalue weighted by atomic mass is 16.5. The monoisotopic (exact) mass is 402 g/mol. The molecular weight excluding hydrogens is 376 g/mol. The summed E-state index contributed by atoms with van der Waals surface area (Å²) in [7, 11) is 3.03. The van der Waals surface area contributed by atoms with E-state index in [4.69, 9.17) is 9.47 Å². The molecule has 0 radical (unpaired) electrons. The Morgan fingerprint density at radius 3 is 2.43 bits per heavy atom. The first-order chi connectivity index (χ1) is 14.3. The van der Waals surface area contributed by atoms with Crippen molar-refractivity contribution in [2.24, 2.45) is 0 Å². The summed E-state index contributed by atoms with van der Waals surface area (Å²) in [5.41, 5.74) is 4.36. The van der Waals surface area contributed by atoms with Crippen molar-refractivity contribution in [3.8, 4) is 5.75 Å². The standard InChI is InChI=1S/C26H26O4/c1-26(2)12-11-22(27)23-19(13-16-5-9-20(29-3)10-6-16)14-17-7-8-18(25(28)30-4)15-21(17)24(23)26/h5-10,14-15H,11-13H2,1-4H3. The molecule has 0 atom stereocenters. The van der Waals surface area contributed by atoms with Gasteiger partial charge >= 0.3 is 5.97 Å². The Morgan fingerprint density at radius 1 is 1.03 bits per heavy atom. The van der Waals surface area contributed by atoms with Crippen molar-refractivity contribution in [1.29, 1.82) is 0 Å². The number of ketones is 1. The Bertz CT molecular complexity index is 1140. The lowest BCUT2D eigenvalue weighted by atomic mass is 9.68. The van der Waals surface area contributed by atoms with Gasteiger partial charge in [-0.05, 0) is 70.0 Å². The predicted octanol–water partition coefficient (Wildman–Crippen LogP) is 5.48. The first-order valence-corrected chi connectivity index (χ1v) is 10.2. The fourth-order valence-electron chi connectivity index (χ4n) is 4.50. The molecule has 0 fully saturated rings. The quantitative estimate of drug-likeness (QED) is 0.542. The number of carbonyl (C=O) groups is 2. The van der Waals surface area contributed by atoms with Crippen LogP contribution in [0.25, 0.3) is 10.8 Å². The lowest BCUT2D eigenvalue weighted by Gasteiger charge is -2.34. The maximum absolute atomic E-state index is 13.1. The zero-order chi connectivity index (χ0) is 21.5. The van der Waals surface area contributed by atoms with E-state index in [1.54, 1.807) is 13.2 Å². The summed E-state index contributed by atoms with van der Waals surface area (Å²) in [6.45, 7) is 4.36. The molecule has 154 valence electrons. The zero-order valence-corrected chi connectivity index (χ0v) is 17.9. The normalized spacial score (nSPS) is 15.0. The van der Waals surface area contributed by atoms with E-state index in [1.165, 1.54) is 7.11 Å². The van der Waals surface area contributed by atoms with Crippen LogP contribution >= 0.6 is 0 Å². The molecule has 3 aromatic carbocycles. The molecule has 0 N–H and O–H groups in total. The second-order valence-corrected chi connectivity index (χ2v) is 8.55. The third-order valence-electron chi connectivity index (χ3n) is 6.13. The fraction of sp³-hybridized carbons (Fsp3) is 0.308. The third kappa shape index (κ3) is 3.47. The van der Waals surface area contributed by atoms with Gasteiger partial charge in [-0.3, -0.25) is 4.79 Å². The van der Waals surface area contributed by atoms with E-state index in [0.717, 1.165) is 45.2 Å². The van der Waals surface area contributed by atoms with E-state index in [-0.39, 0.29) is 17.2 Å². The summed E-state index contributed by atoms with van der Waals surface area (Å²) < 4.78 is 10.2. The van der Waals surface area contributed by atoms with E-state index in [0.29, 0.717) is 18.4 Å². The van der Waals surface area contributed by atoms with Gasteiger partial charge in [-0.2, -0.15) is 0 Å². The van der Waals surface area contributed by atoms with Gasteiger partial charge in [-0.25, -0.2) is 4.79 Å². The number of methoxy groups -OCH3 is 2. The summed E-state index contributed by atoms with van der Waals surface area (Å²) in [6, 6.07) is 15.7. The Balaban J connectivity index is 1.94. The maximum Gasteiger partial charge on any atom is 0.337 e. The minimum Gasteiger partial charge on any atom is -0.497 e. The van der Waals surface area contributed by atoms with Crippen molar-refractivity contribution in [3.63, 3.8) is 0 Å². The van der Waals surface area contributed by atoms with Crippen molar-refractivity contribution in [2.45, 2.75) is 38.5 Å². The van der Waals surface area contributed by atoms with Crippen LogP contribution in [-0.4, -0.2) is 26.0 Å². The molecule has 0 heterocycles. The van der Waals surface area contributed by atoms with Crippen LogP contribution < -0.4 is 4.74 Å². The molecule has 0 bridgehead atoms. The molecule has 4 nitrogen and oxygen atoms in total. The van der Waals surface area contributed by atoms with Crippen LogP contribution in [0.5, 0.6) is 5.75 Å². The van der Waals surface area contributed by atoms with Gasteiger partial charge in [0.15, 0.2) is 5.78 Å². The van der Waals surface area contributed by atoms with E-state index >= 15 is 0 Å². The summed E-state index contributed by atoms with van der Waals surface area (Å²) in [6.07, 6.45) is 2.00. The highest BCUT2D eigenvalue weighted by Gasteiger charge is 2.35.